The molecule has 1 aromatic carbocycles. The van der Waals surface area contributed by atoms with Crippen molar-refractivity contribution in [2.24, 2.45) is 0 Å². The van der Waals surface area contributed by atoms with E-state index in [0.717, 1.165) is 0 Å². The van der Waals surface area contributed by atoms with Gasteiger partial charge in [0.1, 0.15) is 11.5 Å². The second-order valence-electron chi connectivity index (χ2n) is 4.26. The summed E-state index contributed by atoms with van der Waals surface area (Å²) in [6.07, 6.45) is 0.135. The number of nitrogen functional groups attached to an aromatic ring is 2. The predicted molar refractivity (Wildman–Crippen MR) is 66.8 cm³/mol. The molecule has 16 heavy (non-hydrogen) atoms. The van der Waals surface area contributed by atoms with Crippen molar-refractivity contribution in [3.63, 3.8) is 0 Å². The Balaban J connectivity index is 3.01. The van der Waals surface area contributed by atoms with Crippen molar-refractivity contribution in [3.05, 3.63) is 12.1 Å². The van der Waals surface area contributed by atoms with Gasteiger partial charge in [-0.3, -0.25) is 0 Å². The molecule has 0 unspecified atom stereocenters. The largest absolute Gasteiger partial charge is 0.489 e. The fourth-order valence-electron chi connectivity index (χ4n) is 1.31. The van der Waals surface area contributed by atoms with Crippen LogP contribution in [0, 0.1) is 0 Å². The van der Waals surface area contributed by atoms with Crippen LogP contribution in [-0.4, -0.2) is 12.2 Å². The smallest absolute Gasteiger partial charge is 0.146 e. The van der Waals surface area contributed by atoms with Gasteiger partial charge in [0.05, 0.1) is 23.6 Å². The van der Waals surface area contributed by atoms with E-state index in [1.54, 1.807) is 12.1 Å². The van der Waals surface area contributed by atoms with Crippen molar-refractivity contribution in [1.82, 2.24) is 0 Å². The first kappa shape index (κ1) is 12.5. The van der Waals surface area contributed by atoms with Gasteiger partial charge in [0, 0.05) is 6.07 Å². The molecule has 0 spiro atoms. The van der Waals surface area contributed by atoms with Gasteiger partial charge in [-0.25, -0.2) is 0 Å². The number of hydrogen-bond acceptors (Lipinski definition) is 4. The van der Waals surface area contributed by atoms with Crippen molar-refractivity contribution in [2.45, 2.75) is 39.9 Å². The van der Waals surface area contributed by atoms with Crippen LogP contribution in [0.2, 0.25) is 0 Å². The van der Waals surface area contributed by atoms with E-state index >= 15 is 0 Å². The Hall–Kier alpha value is -1.58. The zero-order valence-corrected chi connectivity index (χ0v) is 10.3. The fraction of sp³-hybridized carbons (Fsp3) is 0.500. The van der Waals surface area contributed by atoms with E-state index in [4.69, 9.17) is 20.9 Å². The number of ether oxygens (including phenoxy) is 2. The summed E-state index contributed by atoms with van der Waals surface area (Å²) in [5.41, 5.74) is 12.7. The molecule has 0 aliphatic carbocycles. The number of nitrogens with two attached hydrogens (primary N) is 2. The summed E-state index contributed by atoms with van der Waals surface area (Å²) in [4.78, 5) is 0. The zero-order chi connectivity index (χ0) is 12.3. The van der Waals surface area contributed by atoms with Gasteiger partial charge < -0.3 is 20.9 Å². The van der Waals surface area contributed by atoms with Gasteiger partial charge in [0.25, 0.3) is 0 Å². The molecule has 0 saturated heterocycles. The molecule has 0 heterocycles. The molecule has 4 heteroatoms. The van der Waals surface area contributed by atoms with E-state index < -0.39 is 0 Å². The molecule has 0 saturated carbocycles. The van der Waals surface area contributed by atoms with Crippen LogP contribution in [0.3, 0.4) is 0 Å². The molecule has 0 atom stereocenters. The number of anilines is 2. The minimum Gasteiger partial charge on any atom is -0.489 e. The van der Waals surface area contributed by atoms with Crippen LogP contribution < -0.4 is 20.9 Å². The molecular formula is C12H20N2O2. The Bertz CT molecular complexity index is 331. The summed E-state index contributed by atoms with van der Waals surface area (Å²) >= 11 is 0. The highest BCUT2D eigenvalue weighted by Crippen LogP contribution is 2.34. The average molecular weight is 224 g/mol. The van der Waals surface area contributed by atoms with E-state index in [2.05, 4.69) is 0 Å². The zero-order valence-electron chi connectivity index (χ0n) is 10.3. The van der Waals surface area contributed by atoms with Gasteiger partial charge in [-0.2, -0.15) is 0 Å². The summed E-state index contributed by atoms with van der Waals surface area (Å²) < 4.78 is 11.1. The van der Waals surface area contributed by atoms with Gasteiger partial charge in [0.2, 0.25) is 0 Å². The predicted octanol–water partition coefficient (Wildman–Crippen LogP) is 2.43. The van der Waals surface area contributed by atoms with Crippen LogP contribution in [0.4, 0.5) is 11.4 Å². The van der Waals surface area contributed by atoms with E-state index in [9.17, 15) is 0 Å². The lowest BCUT2D eigenvalue weighted by Gasteiger charge is -2.17. The van der Waals surface area contributed by atoms with E-state index in [1.165, 1.54) is 0 Å². The third-order valence-electron chi connectivity index (χ3n) is 1.87. The van der Waals surface area contributed by atoms with Crippen LogP contribution in [0.25, 0.3) is 0 Å². The standard InChI is InChI=1S/C12H20N2O2/c1-7(2)15-11-6-12(16-8(3)4)10(14)5-9(11)13/h5-8H,13-14H2,1-4H3. The van der Waals surface area contributed by atoms with Gasteiger partial charge in [-0.05, 0) is 33.8 Å². The molecule has 0 aliphatic heterocycles. The first-order valence-electron chi connectivity index (χ1n) is 5.42. The molecule has 1 rings (SSSR count). The summed E-state index contributed by atoms with van der Waals surface area (Å²) in [6, 6.07) is 3.40. The summed E-state index contributed by atoms with van der Waals surface area (Å²) in [7, 11) is 0. The van der Waals surface area contributed by atoms with Crippen molar-refractivity contribution < 1.29 is 9.47 Å². The second-order valence-corrected chi connectivity index (χ2v) is 4.26. The number of rotatable bonds is 4. The normalized spacial score (nSPS) is 10.9. The third kappa shape index (κ3) is 3.22. The first-order valence-corrected chi connectivity index (χ1v) is 5.42. The number of hydrogen-bond donors (Lipinski definition) is 2. The van der Waals surface area contributed by atoms with Crippen molar-refractivity contribution in [2.75, 3.05) is 11.5 Å². The van der Waals surface area contributed by atoms with Gasteiger partial charge in [0.15, 0.2) is 0 Å². The third-order valence-corrected chi connectivity index (χ3v) is 1.87. The fourth-order valence-corrected chi connectivity index (χ4v) is 1.31. The van der Waals surface area contributed by atoms with Crippen LogP contribution in [-0.2, 0) is 0 Å². The Morgan fingerprint density at radius 3 is 1.50 bits per heavy atom. The van der Waals surface area contributed by atoms with Crippen molar-refractivity contribution in [3.8, 4) is 11.5 Å². The average Bonchev–Trinajstić information content (AvgIpc) is 2.11. The molecule has 4 nitrogen and oxygen atoms in total. The Morgan fingerprint density at radius 1 is 0.812 bits per heavy atom. The second kappa shape index (κ2) is 4.96. The van der Waals surface area contributed by atoms with E-state index in [0.29, 0.717) is 22.9 Å². The SMILES string of the molecule is CC(C)Oc1cc(OC(C)C)c(N)cc1N. The highest BCUT2D eigenvalue weighted by atomic mass is 16.5. The summed E-state index contributed by atoms with van der Waals surface area (Å²) in [5, 5.41) is 0. The lowest BCUT2D eigenvalue weighted by molar-refractivity contribution is 0.231. The highest BCUT2D eigenvalue weighted by molar-refractivity contribution is 5.67. The van der Waals surface area contributed by atoms with E-state index in [-0.39, 0.29) is 12.2 Å². The Morgan fingerprint density at radius 2 is 1.19 bits per heavy atom. The number of benzene rings is 1. The Kier molecular flexibility index (Phi) is 3.88. The maximum absolute atomic E-state index is 5.81. The molecule has 0 fully saturated rings. The minimum absolute atomic E-state index is 0.0674. The monoisotopic (exact) mass is 224 g/mol. The van der Waals surface area contributed by atoms with E-state index in [1.807, 2.05) is 27.7 Å². The minimum atomic E-state index is 0.0674. The molecule has 0 amide bonds. The molecule has 1 aromatic rings. The molecule has 4 N–H and O–H groups in total. The lowest BCUT2D eigenvalue weighted by Crippen LogP contribution is -2.11. The van der Waals surface area contributed by atoms with Crippen LogP contribution >= 0.6 is 0 Å². The topological polar surface area (TPSA) is 70.5 Å². The molecule has 0 radical (unpaired) electrons. The Labute approximate surface area is 96.5 Å². The summed E-state index contributed by atoms with van der Waals surface area (Å²) in [6.45, 7) is 7.77. The first-order chi connectivity index (χ1) is 7.40. The lowest BCUT2D eigenvalue weighted by atomic mass is 10.2. The van der Waals surface area contributed by atoms with Gasteiger partial charge in [-0.1, -0.05) is 0 Å². The van der Waals surface area contributed by atoms with Crippen LogP contribution in [0.1, 0.15) is 27.7 Å². The van der Waals surface area contributed by atoms with Crippen LogP contribution in [0.5, 0.6) is 11.5 Å². The molecule has 0 aliphatic rings. The molecule has 90 valence electrons. The quantitative estimate of drug-likeness (QED) is 0.770. The van der Waals surface area contributed by atoms with Crippen molar-refractivity contribution >= 4 is 11.4 Å². The molecular weight excluding hydrogens is 204 g/mol. The van der Waals surface area contributed by atoms with Gasteiger partial charge >= 0.3 is 0 Å². The maximum Gasteiger partial charge on any atom is 0.146 e. The van der Waals surface area contributed by atoms with Crippen LogP contribution in [0.15, 0.2) is 12.1 Å². The summed E-state index contributed by atoms with van der Waals surface area (Å²) in [5.74, 6) is 1.22. The molecule has 0 aromatic heterocycles. The van der Waals surface area contributed by atoms with Gasteiger partial charge in [-0.15, -0.1) is 0 Å². The maximum atomic E-state index is 5.81. The molecule has 0 bridgehead atoms. The van der Waals surface area contributed by atoms with Crippen molar-refractivity contribution in [1.29, 1.82) is 0 Å². The highest BCUT2D eigenvalue weighted by Gasteiger charge is 2.10.